The maximum absolute atomic E-state index is 3.50. The zero-order valence-electron chi connectivity index (χ0n) is 27.5. The summed E-state index contributed by atoms with van der Waals surface area (Å²) in [4.78, 5) is 0. The van der Waals surface area contributed by atoms with E-state index in [0.717, 1.165) is 6.42 Å². The quantitative estimate of drug-likeness (QED) is 0.238. The predicted molar refractivity (Wildman–Crippen MR) is 184 cm³/mol. The van der Waals surface area contributed by atoms with Crippen LogP contribution in [-0.2, 0) is 41.5 Å². The van der Waals surface area contributed by atoms with E-state index >= 15 is 0 Å². The van der Waals surface area contributed by atoms with E-state index in [4.69, 9.17) is 0 Å². The van der Waals surface area contributed by atoms with Gasteiger partial charge in [0.1, 0.15) is 0 Å². The second-order valence-corrected chi connectivity index (χ2v) is 14.7. The Morgan fingerprint density at radius 3 is 1.78 bits per heavy atom. The van der Waals surface area contributed by atoms with Crippen LogP contribution in [0.3, 0.4) is 0 Å². The van der Waals surface area contributed by atoms with Crippen molar-refractivity contribution in [2.24, 2.45) is 5.92 Å². The Morgan fingerprint density at radius 1 is 0.739 bits per heavy atom. The van der Waals surface area contributed by atoms with E-state index in [-0.39, 0.29) is 35.6 Å². The van der Waals surface area contributed by atoms with Crippen LogP contribution in [0.4, 0.5) is 0 Å². The summed E-state index contributed by atoms with van der Waals surface area (Å²) in [6.45, 7) is 13.4. The Kier molecular flexibility index (Phi) is 11.4. The van der Waals surface area contributed by atoms with Crippen LogP contribution in [0.2, 0.25) is 0 Å². The summed E-state index contributed by atoms with van der Waals surface area (Å²) in [5.74, 6) is 0.556. The Labute approximate surface area is 303 Å². The first-order chi connectivity index (χ1) is 21.0. The molecule has 1 atom stereocenters. The molecule has 46 heavy (non-hydrogen) atoms. The van der Waals surface area contributed by atoms with Crippen LogP contribution in [0.1, 0.15) is 86.1 Å². The van der Waals surface area contributed by atoms with Crippen LogP contribution in [0.15, 0.2) is 109 Å². The van der Waals surface area contributed by atoms with Crippen LogP contribution in [0, 0.1) is 18.1 Å². The van der Waals surface area contributed by atoms with Crippen molar-refractivity contribution in [2.75, 3.05) is 0 Å². The molecular formula is C43H40Cl2Zr-2. The van der Waals surface area contributed by atoms with Crippen LogP contribution in [-0.4, -0.2) is 3.21 Å². The molecule has 232 valence electrons. The van der Waals surface area contributed by atoms with Crippen molar-refractivity contribution in [3.8, 4) is 11.1 Å². The third-order valence-corrected chi connectivity index (χ3v) is 10.5. The molecule has 0 bridgehead atoms. The Balaban J connectivity index is 0.000000179. The van der Waals surface area contributed by atoms with Gasteiger partial charge < -0.3 is 24.8 Å². The van der Waals surface area contributed by atoms with Gasteiger partial charge in [0.15, 0.2) is 0 Å². The molecule has 0 fully saturated rings. The molecule has 0 saturated heterocycles. The third kappa shape index (κ3) is 7.49. The minimum absolute atomic E-state index is 0. The molecule has 0 N–H and O–H groups in total. The second-order valence-electron chi connectivity index (χ2n) is 13.5. The first-order valence-electron chi connectivity index (χ1n) is 15.6. The van der Waals surface area contributed by atoms with Gasteiger partial charge in [0.25, 0.3) is 0 Å². The summed E-state index contributed by atoms with van der Waals surface area (Å²) in [7, 11) is 0. The fraction of sp³-hybridized carbons (Fsp3) is 0.233. The molecule has 0 spiro atoms. The minimum atomic E-state index is 0. The molecule has 0 nitrogen and oxygen atoms in total. The summed E-state index contributed by atoms with van der Waals surface area (Å²) in [5, 5.41) is 0. The van der Waals surface area contributed by atoms with E-state index in [9.17, 15) is 0 Å². The average molecular weight is 719 g/mol. The van der Waals surface area contributed by atoms with E-state index in [2.05, 4.69) is 163 Å². The van der Waals surface area contributed by atoms with Gasteiger partial charge >= 0.3 is 99.2 Å². The van der Waals surface area contributed by atoms with E-state index in [1.807, 2.05) is 6.08 Å². The fourth-order valence-corrected chi connectivity index (χ4v) is 7.35. The van der Waals surface area contributed by atoms with Crippen LogP contribution >= 0.6 is 0 Å². The van der Waals surface area contributed by atoms with Gasteiger partial charge in [-0.25, -0.2) is 17.7 Å². The molecule has 8 rings (SSSR count). The topological polar surface area (TPSA) is 0 Å². The molecule has 0 aromatic heterocycles. The molecule has 0 amide bonds. The Morgan fingerprint density at radius 2 is 1.28 bits per heavy atom. The van der Waals surface area contributed by atoms with E-state index in [1.165, 1.54) is 88.6 Å². The number of halogens is 2. The van der Waals surface area contributed by atoms with Gasteiger partial charge in [0, 0.05) is 5.41 Å². The molecule has 4 aromatic carbocycles. The maximum atomic E-state index is 3.50. The molecule has 4 aliphatic carbocycles. The van der Waals surface area contributed by atoms with Crippen molar-refractivity contribution in [1.29, 1.82) is 0 Å². The zero-order chi connectivity index (χ0) is 31.1. The number of allylic oxidation sites excluding steroid dienone is 6. The monoisotopic (exact) mass is 716 g/mol. The molecule has 1 unspecified atom stereocenters. The number of fused-ring (bicyclic) bond motifs is 5. The number of hydrogen-bond acceptors (Lipinski definition) is 0. The molecular weight excluding hydrogens is 679 g/mol. The molecule has 4 aliphatic rings. The van der Waals surface area contributed by atoms with Crippen molar-refractivity contribution in [3.05, 3.63) is 165 Å². The van der Waals surface area contributed by atoms with Crippen molar-refractivity contribution >= 4 is 15.4 Å². The molecule has 0 aliphatic heterocycles. The summed E-state index contributed by atoms with van der Waals surface area (Å²) in [6, 6.07) is 30.8. The fourth-order valence-electron chi connectivity index (χ4n) is 6.53. The first kappa shape index (κ1) is 36.0. The van der Waals surface area contributed by atoms with Crippen molar-refractivity contribution in [1.82, 2.24) is 0 Å². The van der Waals surface area contributed by atoms with E-state index in [0.29, 0.717) is 5.92 Å². The van der Waals surface area contributed by atoms with Crippen molar-refractivity contribution < 1.29 is 49.0 Å². The normalized spacial score (nSPS) is 17.5. The van der Waals surface area contributed by atoms with Gasteiger partial charge in [-0.05, 0) is 45.9 Å². The second kappa shape index (κ2) is 14.5. The standard InChI is InChI=1S/C23H21.C13H10.C7H9.2ClH.Zr/c1-22(2)7-5-14-10-18-16(12-20(14)22)9-17-13-21-15(11-19(17)18)6-8-23(21,3)4;1-3-7-12(8-4-1)11-13-9-5-2-6-10-13;1-6-3-4-7(2)5-6;;;/h5-7,10-13H,9H2,1-4H3;1-10H;3,5,7H,1-2H3;2*1H;/q-1;;-1;;;+2/p-2. The molecule has 0 radical (unpaired) electrons. The van der Waals surface area contributed by atoms with Crippen LogP contribution < -0.4 is 24.8 Å². The van der Waals surface area contributed by atoms with Crippen molar-refractivity contribution in [3.63, 3.8) is 0 Å². The molecule has 0 saturated carbocycles. The molecule has 4 aromatic rings. The molecule has 3 heteroatoms. The third-order valence-electron chi connectivity index (χ3n) is 9.07. The number of hydrogen-bond donors (Lipinski definition) is 0. The number of rotatable bonds is 2. The van der Waals surface area contributed by atoms with Crippen LogP contribution in [0.25, 0.3) is 23.3 Å². The SMILES string of the molecule is CC1(C)[C-]=Cc2cc3c(cc21)Cc1cc2c(cc1-3)C=CC2(C)C.CC1=CC(C)[C-]=C1.[Cl-].[Cl-].[Zr+2]=[C](c1ccccc1)c1ccccc1. The van der Waals surface area contributed by atoms with Crippen LogP contribution in [0.5, 0.6) is 0 Å². The van der Waals surface area contributed by atoms with E-state index in [1.54, 1.807) is 0 Å². The van der Waals surface area contributed by atoms with Gasteiger partial charge in [-0.1, -0.05) is 70.2 Å². The van der Waals surface area contributed by atoms with Gasteiger partial charge in [-0.15, -0.1) is 18.6 Å². The number of benzene rings is 4. The first-order valence-corrected chi connectivity index (χ1v) is 16.9. The Hall–Kier alpha value is -2.83. The summed E-state index contributed by atoms with van der Waals surface area (Å²) in [6.07, 6.45) is 18.7. The van der Waals surface area contributed by atoms with Gasteiger partial charge in [0.2, 0.25) is 0 Å². The van der Waals surface area contributed by atoms with E-state index < -0.39 is 0 Å². The van der Waals surface area contributed by atoms with Gasteiger partial charge in [-0.2, -0.15) is 11.6 Å². The Bertz CT molecular complexity index is 1740. The van der Waals surface area contributed by atoms with Gasteiger partial charge in [0.05, 0.1) is 0 Å². The van der Waals surface area contributed by atoms with Gasteiger partial charge in [-0.3, -0.25) is 12.2 Å². The molecule has 0 heterocycles. The zero-order valence-corrected chi connectivity index (χ0v) is 31.5. The predicted octanol–water partition coefficient (Wildman–Crippen LogP) is 4.42. The summed E-state index contributed by atoms with van der Waals surface area (Å²) < 4.78 is 1.42. The van der Waals surface area contributed by atoms with Crippen molar-refractivity contribution in [2.45, 2.75) is 58.8 Å². The summed E-state index contributed by atoms with van der Waals surface area (Å²) in [5.41, 5.74) is 15.7. The average Bonchev–Trinajstić information content (AvgIpc) is 3.75. The summed E-state index contributed by atoms with van der Waals surface area (Å²) >= 11 is 1.46.